The molecule has 2 rings (SSSR count). The molecule has 0 atom stereocenters. The molecule has 102 valence electrons. The molecule has 2 aromatic rings. The molecule has 20 heavy (non-hydrogen) atoms. The zero-order valence-electron chi connectivity index (χ0n) is 10.3. The molecule has 0 aliphatic heterocycles. The van der Waals surface area contributed by atoms with Crippen LogP contribution in [-0.4, -0.2) is 5.11 Å². The maximum absolute atomic E-state index is 12.4. The maximum atomic E-state index is 12.4. The number of hydrogen-bond donors (Lipinski definition) is 1. The third-order valence-corrected chi connectivity index (χ3v) is 2.89. The van der Waals surface area contributed by atoms with Gasteiger partial charge in [0.1, 0.15) is 5.75 Å². The third kappa shape index (κ3) is 3.09. The zero-order valence-corrected chi connectivity index (χ0v) is 10.3. The molecule has 0 radical (unpaired) electrons. The Morgan fingerprint density at radius 1 is 1.05 bits per heavy atom. The molecular weight excluding hydrogens is 267 g/mol. The van der Waals surface area contributed by atoms with Gasteiger partial charge in [-0.25, -0.2) is 0 Å². The van der Waals surface area contributed by atoms with Crippen LogP contribution < -0.4 is 0 Å². The lowest BCUT2D eigenvalue weighted by Crippen LogP contribution is -2.04. The van der Waals surface area contributed by atoms with Gasteiger partial charge >= 0.3 is 6.18 Å². The molecule has 0 aromatic heterocycles. The van der Waals surface area contributed by atoms with Crippen LogP contribution in [-0.2, 0) is 12.6 Å². The average Bonchev–Trinajstić information content (AvgIpc) is 2.40. The monoisotopic (exact) mass is 277 g/mol. The molecule has 0 heterocycles. The Balaban J connectivity index is 2.25. The summed E-state index contributed by atoms with van der Waals surface area (Å²) in [5, 5.41) is 18.2. The second-order valence-electron chi connectivity index (χ2n) is 4.32. The summed E-state index contributed by atoms with van der Waals surface area (Å²) in [6.07, 6.45) is -4.02. The highest BCUT2D eigenvalue weighted by Crippen LogP contribution is 2.29. The van der Waals surface area contributed by atoms with E-state index in [1.807, 2.05) is 6.07 Å². The zero-order chi connectivity index (χ0) is 14.8. The van der Waals surface area contributed by atoms with Crippen LogP contribution in [0, 0.1) is 11.3 Å². The number of nitrogens with zero attached hydrogens (tertiary/aromatic N) is 1. The second kappa shape index (κ2) is 5.25. The number of halogens is 3. The first-order valence-corrected chi connectivity index (χ1v) is 5.78. The summed E-state index contributed by atoms with van der Waals surface area (Å²) in [6.45, 7) is 0. The number of benzene rings is 2. The molecule has 0 bridgehead atoms. The van der Waals surface area contributed by atoms with Crippen LogP contribution in [0.15, 0.2) is 42.5 Å². The van der Waals surface area contributed by atoms with Crippen molar-refractivity contribution in [1.29, 1.82) is 5.26 Å². The van der Waals surface area contributed by atoms with Gasteiger partial charge in [0, 0.05) is 0 Å². The van der Waals surface area contributed by atoms with E-state index in [0.29, 0.717) is 23.1 Å². The van der Waals surface area contributed by atoms with Crippen LogP contribution in [0.4, 0.5) is 13.2 Å². The van der Waals surface area contributed by atoms with Crippen molar-refractivity contribution < 1.29 is 18.3 Å². The Bertz CT molecular complexity index is 654. The predicted molar refractivity (Wildman–Crippen MR) is 67.1 cm³/mol. The van der Waals surface area contributed by atoms with E-state index >= 15 is 0 Å². The molecule has 0 amide bonds. The van der Waals surface area contributed by atoms with Crippen molar-refractivity contribution in [2.75, 3.05) is 0 Å². The highest BCUT2D eigenvalue weighted by atomic mass is 19.4. The van der Waals surface area contributed by atoms with E-state index in [4.69, 9.17) is 5.26 Å². The number of phenols is 1. The fourth-order valence-electron chi connectivity index (χ4n) is 1.85. The molecule has 0 unspecified atom stereocenters. The lowest BCUT2D eigenvalue weighted by molar-refractivity contribution is -0.137. The fourth-order valence-corrected chi connectivity index (χ4v) is 1.85. The average molecular weight is 277 g/mol. The minimum absolute atomic E-state index is 0.0160. The summed E-state index contributed by atoms with van der Waals surface area (Å²) >= 11 is 0. The first-order chi connectivity index (χ1) is 9.40. The van der Waals surface area contributed by atoms with Gasteiger partial charge in [-0.05, 0) is 41.8 Å². The number of hydrogen-bond acceptors (Lipinski definition) is 2. The molecule has 0 fully saturated rings. The van der Waals surface area contributed by atoms with Crippen molar-refractivity contribution in [3.05, 3.63) is 64.7 Å². The summed E-state index contributed by atoms with van der Waals surface area (Å²) in [7, 11) is 0. The van der Waals surface area contributed by atoms with Crippen molar-refractivity contribution in [2.45, 2.75) is 12.6 Å². The first-order valence-electron chi connectivity index (χ1n) is 5.78. The highest BCUT2D eigenvalue weighted by Gasteiger charge is 2.29. The smallest absolute Gasteiger partial charge is 0.416 e. The van der Waals surface area contributed by atoms with Crippen LogP contribution in [0.3, 0.4) is 0 Å². The van der Waals surface area contributed by atoms with Gasteiger partial charge in [-0.1, -0.05) is 18.2 Å². The molecule has 0 aliphatic rings. The van der Waals surface area contributed by atoms with Crippen molar-refractivity contribution in [3.63, 3.8) is 0 Å². The largest absolute Gasteiger partial charge is 0.508 e. The van der Waals surface area contributed by atoms with Gasteiger partial charge in [0.15, 0.2) is 0 Å². The van der Waals surface area contributed by atoms with Crippen molar-refractivity contribution >= 4 is 0 Å². The van der Waals surface area contributed by atoms with E-state index in [9.17, 15) is 18.3 Å². The van der Waals surface area contributed by atoms with E-state index in [-0.39, 0.29) is 5.75 Å². The van der Waals surface area contributed by atoms with E-state index in [2.05, 4.69) is 0 Å². The molecule has 0 aliphatic carbocycles. The van der Waals surface area contributed by atoms with Crippen LogP contribution >= 0.6 is 0 Å². The molecule has 2 nitrogen and oxygen atoms in total. The molecule has 2 aromatic carbocycles. The Morgan fingerprint density at radius 2 is 1.70 bits per heavy atom. The number of aromatic hydroxyl groups is 1. The topological polar surface area (TPSA) is 44.0 Å². The quantitative estimate of drug-likeness (QED) is 0.905. The lowest BCUT2D eigenvalue weighted by Gasteiger charge is -2.08. The van der Waals surface area contributed by atoms with Gasteiger partial charge in [-0.2, -0.15) is 18.4 Å². The summed E-state index contributed by atoms with van der Waals surface area (Å²) < 4.78 is 37.3. The highest BCUT2D eigenvalue weighted by molar-refractivity contribution is 5.45. The van der Waals surface area contributed by atoms with Gasteiger partial charge in [-0.15, -0.1) is 0 Å². The normalized spacial score (nSPS) is 11.1. The van der Waals surface area contributed by atoms with Crippen LogP contribution in [0.1, 0.15) is 22.3 Å². The fraction of sp³-hybridized carbons (Fsp3) is 0.133. The van der Waals surface area contributed by atoms with Gasteiger partial charge in [0.05, 0.1) is 17.2 Å². The third-order valence-electron chi connectivity index (χ3n) is 2.89. The molecular formula is C15H10F3NO. The van der Waals surface area contributed by atoms with Crippen LogP contribution in [0.25, 0.3) is 0 Å². The van der Waals surface area contributed by atoms with Crippen molar-refractivity contribution in [3.8, 4) is 11.8 Å². The second-order valence-corrected chi connectivity index (χ2v) is 4.32. The van der Waals surface area contributed by atoms with E-state index < -0.39 is 11.7 Å². The summed E-state index contributed by atoms with van der Waals surface area (Å²) in [5.74, 6) is -0.0160. The van der Waals surface area contributed by atoms with Gasteiger partial charge in [-0.3, -0.25) is 0 Å². The van der Waals surface area contributed by atoms with Gasteiger partial charge in [0.2, 0.25) is 0 Å². The van der Waals surface area contributed by atoms with E-state index in [0.717, 1.165) is 12.1 Å². The molecule has 1 N–H and O–H groups in total. The van der Waals surface area contributed by atoms with Crippen LogP contribution in [0.5, 0.6) is 5.75 Å². The Morgan fingerprint density at radius 3 is 2.25 bits per heavy atom. The molecule has 5 heteroatoms. The Labute approximate surface area is 113 Å². The molecule has 0 saturated heterocycles. The number of nitriles is 1. The maximum Gasteiger partial charge on any atom is 0.416 e. The Hall–Kier alpha value is -2.48. The standard InChI is InChI=1S/C15H10F3NO/c16-15(17,18)13-4-1-10(2-5-13)7-11-3-6-14(20)8-12(11)9-19/h1-6,8,20H,7H2. The SMILES string of the molecule is N#Cc1cc(O)ccc1Cc1ccc(C(F)(F)F)cc1. The lowest BCUT2D eigenvalue weighted by atomic mass is 9.99. The van der Waals surface area contributed by atoms with E-state index in [1.54, 1.807) is 6.07 Å². The first kappa shape index (κ1) is 13.9. The van der Waals surface area contributed by atoms with Gasteiger partial charge < -0.3 is 5.11 Å². The van der Waals surface area contributed by atoms with Crippen LogP contribution in [0.2, 0.25) is 0 Å². The Kier molecular flexibility index (Phi) is 3.66. The molecule has 0 spiro atoms. The number of rotatable bonds is 2. The van der Waals surface area contributed by atoms with Crippen molar-refractivity contribution in [2.24, 2.45) is 0 Å². The summed E-state index contributed by atoms with van der Waals surface area (Å²) in [5.41, 5.74) is 0.933. The van der Waals surface area contributed by atoms with Crippen molar-refractivity contribution in [1.82, 2.24) is 0 Å². The van der Waals surface area contributed by atoms with E-state index in [1.165, 1.54) is 24.3 Å². The number of phenolic OH excluding ortho intramolecular Hbond substituents is 1. The predicted octanol–water partition coefficient (Wildman–Crippen LogP) is 3.87. The molecule has 0 saturated carbocycles. The summed E-state index contributed by atoms with van der Waals surface area (Å²) in [6, 6.07) is 11.1. The number of alkyl halides is 3. The summed E-state index contributed by atoms with van der Waals surface area (Å²) in [4.78, 5) is 0. The minimum Gasteiger partial charge on any atom is -0.508 e. The van der Waals surface area contributed by atoms with Gasteiger partial charge in [0.25, 0.3) is 0 Å². The minimum atomic E-state index is -4.35.